The van der Waals surface area contributed by atoms with Crippen LogP contribution in [0, 0.1) is 0 Å². The predicted octanol–water partition coefficient (Wildman–Crippen LogP) is 2.18. The van der Waals surface area contributed by atoms with Gasteiger partial charge in [0, 0.05) is 38.9 Å². The molecule has 8 heteroatoms. The number of likely N-dealkylation sites (tertiary alicyclic amines) is 1. The van der Waals surface area contributed by atoms with E-state index < -0.39 is 11.9 Å². The summed E-state index contributed by atoms with van der Waals surface area (Å²) in [7, 11) is 1.55. The molecule has 2 rings (SSSR count). The van der Waals surface area contributed by atoms with Crippen LogP contribution in [0.15, 0.2) is 6.20 Å². The van der Waals surface area contributed by atoms with Gasteiger partial charge in [-0.25, -0.2) is 4.98 Å². The molecule has 1 aliphatic rings. The van der Waals surface area contributed by atoms with E-state index in [0.29, 0.717) is 25.5 Å². The SMILES string of the molecule is CCOCC(=O)N1CCCC(c2nc(C(F)(F)F)cn2C)C1. The highest BCUT2D eigenvalue weighted by atomic mass is 19.4. The Bertz CT molecular complexity index is 528. The largest absolute Gasteiger partial charge is 0.434 e. The average molecular weight is 319 g/mol. The van der Waals surface area contributed by atoms with Crippen LogP contribution in [-0.4, -0.2) is 46.7 Å². The molecule has 1 unspecified atom stereocenters. The van der Waals surface area contributed by atoms with Crippen LogP contribution < -0.4 is 0 Å². The van der Waals surface area contributed by atoms with Crippen molar-refractivity contribution < 1.29 is 22.7 Å². The van der Waals surface area contributed by atoms with Crippen LogP contribution in [0.3, 0.4) is 0 Å². The summed E-state index contributed by atoms with van der Waals surface area (Å²) in [6.07, 6.45) is -1.98. The number of aryl methyl sites for hydroxylation is 1. The number of hydrogen-bond donors (Lipinski definition) is 0. The minimum Gasteiger partial charge on any atom is -0.372 e. The Kier molecular flexibility index (Phi) is 5.10. The van der Waals surface area contributed by atoms with E-state index in [0.717, 1.165) is 19.0 Å². The number of carbonyl (C=O) groups is 1. The molecule has 5 nitrogen and oxygen atoms in total. The lowest BCUT2D eigenvalue weighted by Crippen LogP contribution is -2.41. The maximum Gasteiger partial charge on any atom is 0.434 e. The number of carbonyl (C=O) groups excluding carboxylic acids is 1. The molecular weight excluding hydrogens is 299 g/mol. The van der Waals surface area contributed by atoms with Crippen LogP contribution in [0.5, 0.6) is 0 Å². The second-order valence-electron chi connectivity index (χ2n) is 5.41. The third-order valence-electron chi connectivity index (χ3n) is 3.77. The maximum atomic E-state index is 12.7. The van der Waals surface area contributed by atoms with Gasteiger partial charge in [-0.2, -0.15) is 13.2 Å². The Morgan fingerprint density at radius 2 is 2.23 bits per heavy atom. The first-order valence-electron chi connectivity index (χ1n) is 7.29. The van der Waals surface area contributed by atoms with Gasteiger partial charge in [0.15, 0.2) is 5.69 Å². The summed E-state index contributed by atoms with van der Waals surface area (Å²) >= 11 is 0. The second-order valence-corrected chi connectivity index (χ2v) is 5.41. The number of alkyl halides is 3. The zero-order chi connectivity index (χ0) is 16.3. The number of amides is 1. The fourth-order valence-electron chi connectivity index (χ4n) is 2.69. The van der Waals surface area contributed by atoms with E-state index in [9.17, 15) is 18.0 Å². The van der Waals surface area contributed by atoms with Crippen molar-refractivity contribution in [2.75, 3.05) is 26.3 Å². The van der Waals surface area contributed by atoms with Gasteiger partial charge < -0.3 is 14.2 Å². The van der Waals surface area contributed by atoms with Gasteiger partial charge in [-0.1, -0.05) is 0 Å². The molecule has 22 heavy (non-hydrogen) atoms. The quantitative estimate of drug-likeness (QED) is 0.854. The van der Waals surface area contributed by atoms with Crippen molar-refractivity contribution in [3.8, 4) is 0 Å². The number of aromatic nitrogens is 2. The fourth-order valence-corrected chi connectivity index (χ4v) is 2.69. The van der Waals surface area contributed by atoms with Gasteiger partial charge in [-0.3, -0.25) is 4.79 Å². The Morgan fingerprint density at radius 1 is 1.50 bits per heavy atom. The molecule has 1 aromatic heterocycles. The summed E-state index contributed by atoms with van der Waals surface area (Å²) in [5.74, 6) is 0.0680. The zero-order valence-electron chi connectivity index (χ0n) is 12.7. The molecule has 0 radical (unpaired) electrons. The Labute approximate surface area is 127 Å². The maximum absolute atomic E-state index is 12.7. The second kappa shape index (κ2) is 6.68. The lowest BCUT2D eigenvalue weighted by atomic mass is 9.97. The van der Waals surface area contributed by atoms with Crippen LogP contribution in [0.25, 0.3) is 0 Å². The topological polar surface area (TPSA) is 47.4 Å². The van der Waals surface area contributed by atoms with Crippen molar-refractivity contribution in [2.24, 2.45) is 7.05 Å². The number of hydrogen-bond acceptors (Lipinski definition) is 3. The molecule has 0 aliphatic carbocycles. The molecule has 0 saturated carbocycles. The molecule has 0 bridgehead atoms. The van der Waals surface area contributed by atoms with E-state index in [-0.39, 0.29) is 18.4 Å². The summed E-state index contributed by atoms with van der Waals surface area (Å²) in [4.78, 5) is 17.4. The number of ether oxygens (including phenoxy) is 1. The molecule has 0 aromatic carbocycles. The van der Waals surface area contributed by atoms with Crippen molar-refractivity contribution in [3.05, 3.63) is 17.7 Å². The molecule has 124 valence electrons. The predicted molar refractivity (Wildman–Crippen MR) is 73.3 cm³/mol. The molecule has 1 aliphatic heterocycles. The van der Waals surface area contributed by atoms with E-state index in [1.165, 1.54) is 4.57 Å². The smallest absolute Gasteiger partial charge is 0.372 e. The first-order valence-corrected chi connectivity index (χ1v) is 7.29. The number of halogens is 3. The highest BCUT2D eigenvalue weighted by Gasteiger charge is 2.36. The molecule has 1 atom stereocenters. The van der Waals surface area contributed by atoms with E-state index in [1.54, 1.807) is 18.9 Å². The summed E-state index contributed by atoms with van der Waals surface area (Å²) in [5.41, 5.74) is -0.886. The van der Waals surface area contributed by atoms with Crippen molar-refractivity contribution in [3.63, 3.8) is 0 Å². The third kappa shape index (κ3) is 3.79. The molecule has 1 aromatic rings. The van der Waals surface area contributed by atoms with Gasteiger partial charge >= 0.3 is 6.18 Å². The standard InChI is InChI=1S/C14H20F3N3O2/c1-3-22-9-12(21)20-6-4-5-10(7-20)13-18-11(8-19(13)2)14(15,16)17/h8,10H,3-7,9H2,1-2H3. The van der Waals surface area contributed by atoms with Crippen LogP contribution in [0.2, 0.25) is 0 Å². The number of nitrogens with zero attached hydrogens (tertiary/aromatic N) is 3. The van der Waals surface area contributed by atoms with Gasteiger partial charge in [-0.05, 0) is 19.8 Å². The van der Waals surface area contributed by atoms with Gasteiger partial charge in [0.1, 0.15) is 12.4 Å². The highest BCUT2D eigenvalue weighted by Crippen LogP contribution is 2.32. The molecule has 1 fully saturated rings. The van der Waals surface area contributed by atoms with Crippen molar-refractivity contribution in [1.29, 1.82) is 0 Å². The lowest BCUT2D eigenvalue weighted by Gasteiger charge is -2.32. The summed E-state index contributed by atoms with van der Waals surface area (Å²) in [5, 5.41) is 0. The molecule has 0 spiro atoms. The van der Waals surface area contributed by atoms with Crippen LogP contribution in [0.1, 0.15) is 37.2 Å². The third-order valence-corrected chi connectivity index (χ3v) is 3.77. The van der Waals surface area contributed by atoms with Gasteiger partial charge in [-0.15, -0.1) is 0 Å². The lowest BCUT2D eigenvalue weighted by molar-refractivity contribution is -0.141. The van der Waals surface area contributed by atoms with E-state index in [1.807, 2.05) is 0 Å². The molecule has 1 amide bonds. The van der Waals surface area contributed by atoms with Crippen molar-refractivity contribution in [2.45, 2.75) is 31.9 Å². The van der Waals surface area contributed by atoms with Gasteiger partial charge in [0.2, 0.25) is 5.91 Å². The molecule has 0 N–H and O–H groups in total. The number of rotatable bonds is 4. The first-order chi connectivity index (χ1) is 10.3. The number of piperidine rings is 1. The fraction of sp³-hybridized carbons (Fsp3) is 0.714. The number of imidazole rings is 1. The highest BCUT2D eigenvalue weighted by molar-refractivity contribution is 5.77. The zero-order valence-corrected chi connectivity index (χ0v) is 12.7. The molecule has 2 heterocycles. The molecular formula is C14H20F3N3O2. The van der Waals surface area contributed by atoms with Crippen LogP contribution in [-0.2, 0) is 22.8 Å². The normalized spacial score (nSPS) is 19.5. The van der Waals surface area contributed by atoms with Crippen LogP contribution >= 0.6 is 0 Å². The Balaban J connectivity index is 2.09. The van der Waals surface area contributed by atoms with E-state index in [4.69, 9.17) is 4.74 Å². The van der Waals surface area contributed by atoms with E-state index in [2.05, 4.69) is 4.98 Å². The van der Waals surface area contributed by atoms with Gasteiger partial charge in [0.05, 0.1) is 0 Å². The molecule has 1 saturated heterocycles. The van der Waals surface area contributed by atoms with Crippen LogP contribution in [0.4, 0.5) is 13.2 Å². The minimum atomic E-state index is -4.45. The van der Waals surface area contributed by atoms with E-state index >= 15 is 0 Å². The van der Waals surface area contributed by atoms with Crippen molar-refractivity contribution >= 4 is 5.91 Å². The Hall–Kier alpha value is -1.57. The van der Waals surface area contributed by atoms with Gasteiger partial charge in [0.25, 0.3) is 0 Å². The Morgan fingerprint density at radius 3 is 2.82 bits per heavy atom. The summed E-state index contributed by atoms with van der Waals surface area (Å²) in [6.45, 7) is 3.26. The first kappa shape index (κ1) is 16.8. The van der Waals surface area contributed by atoms with Crippen molar-refractivity contribution in [1.82, 2.24) is 14.5 Å². The minimum absolute atomic E-state index is 0.0115. The average Bonchev–Trinajstić information content (AvgIpc) is 2.87. The summed E-state index contributed by atoms with van der Waals surface area (Å²) < 4.78 is 44.7. The summed E-state index contributed by atoms with van der Waals surface area (Å²) in [6, 6.07) is 0. The monoisotopic (exact) mass is 319 g/mol.